The van der Waals surface area contributed by atoms with Crippen molar-refractivity contribution in [2.24, 2.45) is 5.92 Å². The van der Waals surface area contributed by atoms with Crippen LogP contribution < -0.4 is 0 Å². The third-order valence-electron chi connectivity index (χ3n) is 3.06. The molecule has 1 atom stereocenters. The molecular weight excluding hydrogens is 232 g/mol. The van der Waals surface area contributed by atoms with Crippen molar-refractivity contribution in [3.63, 3.8) is 0 Å². The van der Waals surface area contributed by atoms with E-state index in [1.54, 1.807) is 7.11 Å². The van der Waals surface area contributed by atoms with Crippen molar-refractivity contribution in [3.8, 4) is 0 Å². The molecule has 0 amide bonds. The summed E-state index contributed by atoms with van der Waals surface area (Å²) in [4.78, 5) is 3.24. The van der Waals surface area contributed by atoms with E-state index >= 15 is 0 Å². The van der Waals surface area contributed by atoms with Crippen molar-refractivity contribution in [2.75, 3.05) is 13.7 Å². The van der Waals surface area contributed by atoms with Crippen LogP contribution in [0.3, 0.4) is 0 Å². The van der Waals surface area contributed by atoms with E-state index in [0.29, 0.717) is 12.5 Å². The third-order valence-corrected chi connectivity index (χ3v) is 3.36. The lowest BCUT2D eigenvalue weighted by Gasteiger charge is -2.22. The molecule has 4 heteroatoms. The van der Waals surface area contributed by atoms with Crippen molar-refractivity contribution in [1.82, 2.24) is 9.55 Å². The smallest absolute Gasteiger partial charge is 0.178 e. The quantitative estimate of drug-likeness (QED) is 0.841. The molecule has 1 N–H and O–H groups in total. The van der Waals surface area contributed by atoms with Crippen LogP contribution in [0, 0.1) is 10.7 Å². The van der Waals surface area contributed by atoms with Crippen molar-refractivity contribution in [2.45, 2.75) is 19.9 Å². The van der Waals surface area contributed by atoms with Crippen LogP contribution in [0.1, 0.15) is 19.9 Å². The highest BCUT2D eigenvalue weighted by Crippen LogP contribution is 2.24. The number of aromatic amines is 1. The Morgan fingerprint density at radius 3 is 2.71 bits per heavy atom. The highest BCUT2D eigenvalue weighted by Gasteiger charge is 2.18. The summed E-state index contributed by atoms with van der Waals surface area (Å²) < 4.78 is 8.24. The van der Waals surface area contributed by atoms with Gasteiger partial charge in [-0.15, -0.1) is 0 Å². The first-order valence-corrected chi connectivity index (χ1v) is 6.24. The normalized spacial score (nSPS) is 13.4. The molecule has 0 fully saturated rings. The number of ether oxygens (including phenoxy) is 1. The Labute approximate surface area is 106 Å². The van der Waals surface area contributed by atoms with E-state index in [1.807, 2.05) is 18.2 Å². The minimum atomic E-state index is 0.267. The highest BCUT2D eigenvalue weighted by molar-refractivity contribution is 7.71. The summed E-state index contributed by atoms with van der Waals surface area (Å²) in [6.45, 7) is 5.05. The fourth-order valence-electron chi connectivity index (χ4n) is 2.14. The summed E-state index contributed by atoms with van der Waals surface area (Å²) >= 11 is 5.41. The van der Waals surface area contributed by atoms with Crippen LogP contribution >= 0.6 is 12.2 Å². The molecule has 3 nitrogen and oxygen atoms in total. The lowest BCUT2D eigenvalue weighted by Crippen LogP contribution is -2.20. The topological polar surface area (TPSA) is 29.9 Å². The fourth-order valence-corrected chi connectivity index (χ4v) is 2.48. The van der Waals surface area contributed by atoms with Crippen LogP contribution in [0.25, 0.3) is 11.0 Å². The predicted molar refractivity (Wildman–Crippen MR) is 72.9 cm³/mol. The van der Waals surface area contributed by atoms with Crippen LogP contribution in [-0.2, 0) is 4.74 Å². The molecule has 0 saturated carbocycles. The number of para-hydroxylation sites is 2. The number of imidazole rings is 1. The standard InChI is InChI=1S/C13H18N2OS/c1-9(2)12(8-16-3)15-11-7-5-4-6-10(11)14-13(15)17/h4-7,9,12H,8H2,1-3H3,(H,14,17). The van der Waals surface area contributed by atoms with Gasteiger partial charge in [-0.1, -0.05) is 26.0 Å². The van der Waals surface area contributed by atoms with E-state index in [0.717, 1.165) is 15.8 Å². The Kier molecular flexibility index (Phi) is 3.64. The largest absolute Gasteiger partial charge is 0.383 e. The second-order valence-electron chi connectivity index (χ2n) is 4.58. The van der Waals surface area contributed by atoms with E-state index in [2.05, 4.69) is 29.5 Å². The molecule has 2 aromatic rings. The molecular formula is C13H18N2OS. The molecule has 1 aromatic heterocycles. The van der Waals surface area contributed by atoms with E-state index in [1.165, 1.54) is 0 Å². The molecule has 0 saturated heterocycles. The molecule has 17 heavy (non-hydrogen) atoms. The Morgan fingerprint density at radius 2 is 2.06 bits per heavy atom. The van der Waals surface area contributed by atoms with Gasteiger partial charge in [0, 0.05) is 7.11 Å². The maximum Gasteiger partial charge on any atom is 0.178 e. The number of methoxy groups -OCH3 is 1. The van der Waals surface area contributed by atoms with Crippen LogP contribution in [0.4, 0.5) is 0 Å². The molecule has 0 aliphatic carbocycles. The Bertz CT molecular complexity index is 556. The molecule has 0 bridgehead atoms. The van der Waals surface area contributed by atoms with Crippen LogP contribution in [0.5, 0.6) is 0 Å². The summed E-state index contributed by atoms with van der Waals surface area (Å²) in [7, 11) is 1.73. The molecule has 1 heterocycles. The van der Waals surface area contributed by atoms with Gasteiger partial charge in [-0.2, -0.15) is 0 Å². The number of rotatable bonds is 4. The van der Waals surface area contributed by atoms with E-state index in [-0.39, 0.29) is 6.04 Å². The van der Waals surface area contributed by atoms with Gasteiger partial charge in [0.05, 0.1) is 23.7 Å². The van der Waals surface area contributed by atoms with Gasteiger partial charge in [0.1, 0.15) is 0 Å². The number of aromatic nitrogens is 2. The fraction of sp³-hybridized carbons (Fsp3) is 0.462. The van der Waals surface area contributed by atoms with Gasteiger partial charge in [0.25, 0.3) is 0 Å². The molecule has 0 radical (unpaired) electrons. The van der Waals surface area contributed by atoms with Crippen molar-refractivity contribution in [3.05, 3.63) is 29.0 Å². The number of fused-ring (bicyclic) bond motifs is 1. The first kappa shape index (κ1) is 12.3. The van der Waals surface area contributed by atoms with Gasteiger partial charge in [-0.25, -0.2) is 0 Å². The van der Waals surface area contributed by atoms with Crippen LogP contribution in [0.2, 0.25) is 0 Å². The molecule has 0 spiro atoms. The Morgan fingerprint density at radius 1 is 1.35 bits per heavy atom. The summed E-state index contributed by atoms with van der Waals surface area (Å²) in [5.41, 5.74) is 2.23. The van der Waals surface area contributed by atoms with Gasteiger partial charge in [-0.3, -0.25) is 0 Å². The predicted octanol–water partition coefficient (Wildman–Crippen LogP) is 3.54. The number of benzene rings is 1. The number of hydrogen-bond acceptors (Lipinski definition) is 2. The van der Waals surface area contributed by atoms with E-state index in [4.69, 9.17) is 17.0 Å². The molecule has 0 aliphatic heterocycles. The van der Waals surface area contributed by atoms with Gasteiger partial charge in [-0.05, 0) is 30.3 Å². The van der Waals surface area contributed by atoms with Crippen LogP contribution in [0.15, 0.2) is 24.3 Å². The lowest BCUT2D eigenvalue weighted by atomic mass is 10.1. The second kappa shape index (κ2) is 5.02. The highest BCUT2D eigenvalue weighted by atomic mass is 32.1. The number of nitrogens with one attached hydrogen (secondary N) is 1. The lowest BCUT2D eigenvalue weighted by molar-refractivity contribution is 0.134. The maximum atomic E-state index is 5.41. The molecule has 2 rings (SSSR count). The zero-order valence-electron chi connectivity index (χ0n) is 10.4. The summed E-state index contributed by atoms with van der Waals surface area (Å²) in [5.74, 6) is 0.473. The zero-order chi connectivity index (χ0) is 12.4. The van der Waals surface area contributed by atoms with Gasteiger partial charge < -0.3 is 14.3 Å². The average molecular weight is 250 g/mol. The van der Waals surface area contributed by atoms with Crippen molar-refractivity contribution in [1.29, 1.82) is 0 Å². The van der Waals surface area contributed by atoms with Gasteiger partial charge >= 0.3 is 0 Å². The number of hydrogen-bond donors (Lipinski definition) is 1. The first-order valence-electron chi connectivity index (χ1n) is 5.83. The second-order valence-corrected chi connectivity index (χ2v) is 4.97. The van der Waals surface area contributed by atoms with E-state index < -0.39 is 0 Å². The Balaban J connectivity index is 2.59. The third kappa shape index (κ3) is 2.28. The maximum absolute atomic E-state index is 5.41. The summed E-state index contributed by atoms with van der Waals surface area (Å²) in [6.07, 6.45) is 0. The number of nitrogens with zero attached hydrogens (tertiary/aromatic N) is 1. The minimum Gasteiger partial charge on any atom is -0.383 e. The van der Waals surface area contributed by atoms with Crippen molar-refractivity contribution >= 4 is 23.3 Å². The zero-order valence-corrected chi connectivity index (χ0v) is 11.3. The monoisotopic (exact) mass is 250 g/mol. The average Bonchev–Trinajstić information content (AvgIpc) is 2.62. The van der Waals surface area contributed by atoms with Gasteiger partial charge in [0.15, 0.2) is 4.77 Å². The number of H-pyrrole nitrogens is 1. The molecule has 92 valence electrons. The molecule has 1 unspecified atom stereocenters. The SMILES string of the molecule is COCC(C(C)C)n1c(=S)[nH]c2ccccc21. The first-order chi connectivity index (χ1) is 8.15. The van der Waals surface area contributed by atoms with Crippen molar-refractivity contribution < 1.29 is 4.74 Å². The molecule has 0 aliphatic rings. The minimum absolute atomic E-state index is 0.267. The summed E-state index contributed by atoms with van der Waals surface area (Å²) in [5, 5.41) is 0. The molecule has 1 aromatic carbocycles. The van der Waals surface area contributed by atoms with Gasteiger partial charge in [0.2, 0.25) is 0 Å². The Hall–Kier alpha value is -1.13. The van der Waals surface area contributed by atoms with E-state index in [9.17, 15) is 0 Å². The van der Waals surface area contributed by atoms with Crippen LogP contribution in [-0.4, -0.2) is 23.3 Å². The summed E-state index contributed by atoms with van der Waals surface area (Å²) in [6, 6.07) is 8.45.